The highest BCUT2D eigenvalue weighted by atomic mass is 35.5. The van der Waals surface area contributed by atoms with Gasteiger partial charge in [0, 0.05) is 28.2 Å². The SMILES string of the molecule is CCOc1cccc(CNc2cccc3ccccc23)c1OCc1ccc(Cl)cc1. The van der Waals surface area contributed by atoms with Crippen molar-refractivity contribution in [2.45, 2.75) is 20.1 Å². The van der Waals surface area contributed by atoms with Gasteiger partial charge in [0.1, 0.15) is 6.61 Å². The van der Waals surface area contributed by atoms with Gasteiger partial charge in [-0.25, -0.2) is 0 Å². The number of benzene rings is 4. The predicted octanol–water partition coefficient (Wildman–Crippen LogP) is 7.08. The van der Waals surface area contributed by atoms with Crippen molar-refractivity contribution < 1.29 is 9.47 Å². The molecular weight excluding hydrogens is 394 g/mol. The van der Waals surface area contributed by atoms with E-state index in [0.717, 1.165) is 28.3 Å². The van der Waals surface area contributed by atoms with Gasteiger partial charge in [0.25, 0.3) is 0 Å². The van der Waals surface area contributed by atoms with Gasteiger partial charge < -0.3 is 14.8 Å². The molecule has 0 bridgehead atoms. The standard InChI is InChI=1S/C26H24ClNO2/c1-2-29-25-12-6-9-21(26(25)30-18-19-13-15-22(27)16-14-19)17-28-24-11-5-8-20-7-3-4-10-23(20)24/h3-16,28H,2,17-18H2,1H3. The molecule has 0 aliphatic rings. The van der Waals surface area contributed by atoms with E-state index in [-0.39, 0.29) is 0 Å². The van der Waals surface area contributed by atoms with Crippen molar-refractivity contribution in [3.8, 4) is 11.5 Å². The van der Waals surface area contributed by atoms with Gasteiger partial charge in [-0.05, 0) is 42.1 Å². The maximum absolute atomic E-state index is 6.21. The molecule has 0 saturated heterocycles. The Labute approximate surface area is 182 Å². The van der Waals surface area contributed by atoms with E-state index in [1.807, 2.05) is 43.3 Å². The number of anilines is 1. The van der Waals surface area contributed by atoms with Crippen LogP contribution in [0.3, 0.4) is 0 Å². The first kappa shape index (κ1) is 20.1. The molecule has 0 heterocycles. The summed E-state index contributed by atoms with van der Waals surface area (Å²) in [6, 6.07) is 28.4. The summed E-state index contributed by atoms with van der Waals surface area (Å²) in [6.45, 7) is 3.63. The van der Waals surface area contributed by atoms with Crippen LogP contribution >= 0.6 is 11.6 Å². The fourth-order valence-corrected chi connectivity index (χ4v) is 3.57. The number of halogens is 1. The molecule has 4 rings (SSSR count). The Morgan fingerprint density at radius 1 is 0.800 bits per heavy atom. The summed E-state index contributed by atoms with van der Waals surface area (Å²) < 4.78 is 12.0. The molecule has 0 aromatic heterocycles. The molecule has 0 saturated carbocycles. The Bertz CT molecular complexity index is 1120. The average molecular weight is 418 g/mol. The number of nitrogens with one attached hydrogen (secondary N) is 1. The van der Waals surface area contributed by atoms with Crippen LogP contribution in [-0.2, 0) is 13.2 Å². The second kappa shape index (κ2) is 9.55. The fourth-order valence-electron chi connectivity index (χ4n) is 3.44. The minimum atomic E-state index is 0.447. The van der Waals surface area contributed by atoms with E-state index in [1.165, 1.54) is 10.8 Å². The molecule has 0 aliphatic carbocycles. The molecule has 3 nitrogen and oxygen atoms in total. The lowest BCUT2D eigenvalue weighted by atomic mass is 10.1. The third kappa shape index (κ3) is 4.69. The van der Waals surface area contributed by atoms with Gasteiger partial charge in [0.15, 0.2) is 11.5 Å². The summed E-state index contributed by atoms with van der Waals surface area (Å²) in [5.41, 5.74) is 3.19. The Morgan fingerprint density at radius 2 is 1.57 bits per heavy atom. The van der Waals surface area contributed by atoms with Crippen molar-refractivity contribution in [1.29, 1.82) is 0 Å². The summed E-state index contributed by atoms with van der Waals surface area (Å²) >= 11 is 5.99. The van der Waals surface area contributed by atoms with Crippen LogP contribution in [0.5, 0.6) is 11.5 Å². The lowest BCUT2D eigenvalue weighted by molar-refractivity contribution is 0.267. The predicted molar refractivity (Wildman–Crippen MR) is 125 cm³/mol. The number of fused-ring (bicyclic) bond motifs is 1. The maximum atomic E-state index is 6.21. The highest BCUT2D eigenvalue weighted by molar-refractivity contribution is 6.30. The molecular formula is C26H24ClNO2. The van der Waals surface area contributed by atoms with E-state index in [0.29, 0.717) is 24.8 Å². The highest BCUT2D eigenvalue weighted by Crippen LogP contribution is 2.33. The first-order chi connectivity index (χ1) is 14.7. The van der Waals surface area contributed by atoms with Gasteiger partial charge in [-0.2, -0.15) is 0 Å². The molecule has 30 heavy (non-hydrogen) atoms. The van der Waals surface area contributed by atoms with Gasteiger partial charge >= 0.3 is 0 Å². The molecule has 0 amide bonds. The quantitative estimate of drug-likeness (QED) is 0.332. The number of hydrogen-bond acceptors (Lipinski definition) is 3. The summed E-state index contributed by atoms with van der Waals surface area (Å²) in [4.78, 5) is 0. The van der Waals surface area contributed by atoms with E-state index in [4.69, 9.17) is 21.1 Å². The normalized spacial score (nSPS) is 10.7. The lowest BCUT2D eigenvalue weighted by Gasteiger charge is -2.17. The van der Waals surface area contributed by atoms with Crippen molar-refractivity contribution in [2.75, 3.05) is 11.9 Å². The molecule has 0 fully saturated rings. The molecule has 1 N–H and O–H groups in total. The summed E-state index contributed by atoms with van der Waals surface area (Å²) in [5.74, 6) is 1.52. The fraction of sp³-hybridized carbons (Fsp3) is 0.154. The zero-order valence-electron chi connectivity index (χ0n) is 16.9. The number of hydrogen-bond donors (Lipinski definition) is 1. The Morgan fingerprint density at radius 3 is 2.40 bits per heavy atom. The van der Waals surface area contributed by atoms with E-state index < -0.39 is 0 Å². The van der Waals surface area contributed by atoms with Crippen molar-refractivity contribution in [3.05, 3.63) is 101 Å². The molecule has 4 heteroatoms. The summed E-state index contributed by atoms with van der Waals surface area (Å²) in [5, 5.41) is 6.69. The van der Waals surface area contributed by atoms with Crippen LogP contribution in [0, 0.1) is 0 Å². The summed E-state index contributed by atoms with van der Waals surface area (Å²) in [7, 11) is 0. The van der Waals surface area contributed by atoms with Gasteiger partial charge in [-0.15, -0.1) is 0 Å². The molecule has 4 aromatic carbocycles. The van der Waals surface area contributed by atoms with E-state index in [2.05, 4.69) is 53.8 Å². The zero-order chi connectivity index (χ0) is 20.8. The average Bonchev–Trinajstić information content (AvgIpc) is 2.78. The third-order valence-electron chi connectivity index (χ3n) is 4.92. The monoisotopic (exact) mass is 417 g/mol. The second-order valence-electron chi connectivity index (χ2n) is 6.97. The topological polar surface area (TPSA) is 30.5 Å². The van der Waals surface area contributed by atoms with Crippen LogP contribution in [0.4, 0.5) is 5.69 Å². The number of rotatable bonds is 8. The smallest absolute Gasteiger partial charge is 0.166 e. The first-order valence-electron chi connectivity index (χ1n) is 10.1. The molecule has 0 spiro atoms. The third-order valence-corrected chi connectivity index (χ3v) is 5.17. The van der Waals surface area contributed by atoms with E-state index in [9.17, 15) is 0 Å². The Balaban J connectivity index is 1.57. The van der Waals surface area contributed by atoms with E-state index in [1.54, 1.807) is 0 Å². The first-order valence-corrected chi connectivity index (χ1v) is 10.5. The molecule has 0 radical (unpaired) electrons. The Kier molecular flexibility index (Phi) is 6.41. The zero-order valence-corrected chi connectivity index (χ0v) is 17.7. The van der Waals surface area contributed by atoms with Gasteiger partial charge in [0.2, 0.25) is 0 Å². The molecule has 4 aromatic rings. The van der Waals surface area contributed by atoms with Gasteiger partial charge in [-0.1, -0.05) is 72.3 Å². The minimum absolute atomic E-state index is 0.447. The number of para-hydroxylation sites is 1. The van der Waals surface area contributed by atoms with Crippen LogP contribution in [0.1, 0.15) is 18.1 Å². The van der Waals surface area contributed by atoms with Crippen molar-refractivity contribution in [1.82, 2.24) is 0 Å². The van der Waals surface area contributed by atoms with Crippen molar-refractivity contribution in [2.24, 2.45) is 0 Å². The second-order valence-corrected chi connectivity index (χ2v) is 7.41. The Hall–Kier alpha value is -3.17. The van der Waals surface area contributed by atoms with Crippen molar-refractivity contribution in [3.63, 3.8) is 0 Å². The van der Waals surface area contributed by atoms with Crippen LogP contribution in [0.25, 0.3) is 10.8 Å². The lowest BCUT2D eigenvalue weighted by Crippen LogP contribution is -2.06. The van der Waals surface area contributed by atoms with Crippen LogP contribution in [0.15, 0.2) is 84.9 Å². The van der Waals surface area contributed by atoms with Crippen LogP contribution < -0.4 is 14.8 Å². The van der Waals surface area contributed by atoms with Gasteiger partial charge in [-0.3, -0.25) is 0 Å². The van der Waals surface area contributed by atoms with E-state index >= 15 is 0 Å². The van der Waals surface area contributed by atoms with Gasteiger partial charge in [0.05, 0.1) is 6.61 Å². The molecule has 0 aliphatic heterocycles. The largest absolute Gasteiger partial charge is 0.490 e. The maximum Gasteiger partial charge on any atom is 0.166 e. The minimum Gasteiger partial charge on any atom is -0.490 e. The molecule has 152 valence electrons. The highest BCUT2D eigenvalue weighted by Gasteiger charge is 2.12. The molecule has 0 atom stereocenters. The van der Waals surface area contributed by atoms with Crippen molar-refractivity contribution >= 4 is 28.1 Å². The number of ether oxygens (including phenoxy) is 2. The summed E-state index contributed by atoms with van der Waals surface area (Å²) in [6.07, 6.45) is 0. The molecule has 0 unspecified atom stereocenters. The van der Waals surface area contributed by atoms with Crippen LogP contribution in [0.2, 0.25) is 5.02 Å². The van der Waals surface area contributed by atoms with Crippen LogP contribution in [-0.4, -0.2) is 6.61 Å².